The zero-order valence-corrected chi connectivity index (χ0v) is 13.8. The van der Waals surface area contributed by atoms with Gasteiger partial charge in [-0.3, -0.25) is 9.78 Å². The fraction of sp³-hybridized carbons (Fsp3) is 0.600. The van der Waals surface area contributed by atoms with E-state index in [1.807, 2.05) is 0 Å². The van der Waals surface area contributed by atoms with Crippen molar-refractivity contribution in [2.24, 2.45) is 5.92 Å². The number of pyridine rings is 1. The van der Waals surface area contributed by atoms with Gasteiger partial charge < -0.3 is 5.32 Å². The molecule has 0 radical (unpaired) electrons. The van der Waals surface area contributed by atoms with E-state index in [-0.39, 0.29) is 23.4 Å². The Balaban J connectivity index is 1.96. The van der Waals surface area contributed by atoms with Crippen molar-refractivity contribution in [2.75, 3.05) is 13.6 Å². The third-order valence-corrected chi connectivity index (χ3v) is 5.95. The van der Waals surface area contributed by atoms with E-state index in [4.69, 9.17) is 0 Å². The first-order chi connectivity index (χ1) is 10.4. The maximum Gasteiger partial charge on any atom is 0.244 e. The van der Waals surface area contributed by atoms with Crippen LogP contribution in [0.2, 0.25) is 0 Å². The van der Waals surface area contributed by atoms with Gasteiger partial charge in [-0.1, -0.05) is 19.8 Å². The van der Waals surface area contributed by atoms with Gasteiger partial charge >= 0.3 is 0 Å². The van der Waals surface area contributed by atoms with Crippen LogP contribution in [0.15, 0.2) is 29.4 Å². The van der Waals surface area contributed by atoms with Crippen molar-refractivity contribution in [1.82, 2.24) is 14.6 Å². The summed E-state index contributed by atoms with van der Waals surface area (Å²) in [4.78, 5) is 16.0. The molecular weight excluding hydrogens is 302 g/mol. The maximum absolute atomic E-state index is 12.3. The van der Waals surface area contributed by atoms with Crippen LogP contribution in [0.25, 0.3) is 0 Å². The summed E-state index contributed by atoms with van der Waals surface area (Å²) in [6, 6.07) is 3.18. The summed E-state index contributed by atoms with van der Waals surface area (Å²) in [5.41, 5.74) is 0. The van der Waals surface area contributed by atoms with Crippen molar-refractivity contribution in [3.8, 4) is 0 Å². The average Bonchev–Trinajstić information content (AvgIpc) is 2.50. The highest BCUT2D eigenvalue weighted by Gasteiger charge is 2.26. The number of hydrogen-bond acceptors (Lipinski definition) is 4. The largest absolute Gasteiger partial charge is 0.352 e. The standard InChI is InChI=1S/C15H23N3O3S/c1-12-6-3-4-8-14(12)17-15(19)11-18(2)22(20,21)13-7-5-9-16-10-13/h5,7,9-10,12,14H,3-4,6,8,11H2,1-2H3,(H,17,19)/t12-,14+/m0/s1. The van der Waals surface area contributed by atoms with Gasteiger partial charge in [0.2, 0.25) is 15.9 Å². The van der Waals surface area contributed by atoms with Gasteiger partial charge in [-0.05, 0) is 30.9 Å². The molecule has 1 aromatic heterocycles. The van der Waals surface area contributed by atoms with E-state index in [9.17, 15) is 13.2 Å². The number of nitrogens with one attached hydrogen (secondary N) is 1. The normalized spacial score (nSPS) is 22.5. The second-order valence-electron chi connectivity index (χ2n) is 5.89. The Hall–Kier alpha value is -1.47. The van der Waals surface area contributed by atoms with E-state index in [1.54, 1.807) is 6.07 Å². The van der Waals surface area contributed by atoms with E-state index in [0.29, 0.717) is 5.92 Å². The monoisotopic (exact) mass is 325 g/mol. The van der Waals surface area contributed by atoms with Gasteiger partial charge in [-0.25, -0.2) is 8.42 Å². The molecule has 1 fully saturated rings. The molecule has 0 saturated heterocycles. The molecule has 1 saturated carbocycles. The molecule has 1 aliphatic carbocycles. The van der Waals surface area contributed by atoms with E-state index < -0.39 is 10.0 Å². The topological polar surface area (TPSA) is 79.4 Å². The number of rotatable bonds is 5. The Bertz CT molecular complexity index is 604. The smallest absolute Gasteiger partial charge is 0.244 e. The lowest BCUT2D eigenvalue weighted by molar-refractivity contribution is -0.122. The summed E-state index contributed by atoms with van der Waals surface area (Å²) >= 11 is 0. The Morgan fingerprint density at radius 1 is 1.41 bits per heavy atom. The van der Waals surface area contributed by atoms with Crippen LogP contribution in [0, 0.1) is 5.92 Å². The fourth-order valence-electron chi connectivity index (χ4n) is 2.75. The minimum absolute atomic E-state index is 0.0938. The molecule has 0 bridgehead atoms. The van der Waals surface area contributed by atoms with E-state index >= 15 is 0 Å². The van der Waals surface area contributed by atoms with Gasteiger partial charge in [0.05, 0.1) is 6.54 Å². The quantitative estimate of drug-likeness (QED) is 0.887. The SMILES string of the molecule is C[C@H]1CCCC[C@H]1NC(=O)CN(C)S(=O)(=O)c1cccnc1. The van der Waals surface area contributed by atoms with Crippen LogP contribution in [-0.2, 0) is 14.8 Å². The number of carbonyl (C=O) groups is 1. The molecule has 22 heavy (non-hydrogen) atoms. The van der Waals surface area contributed by atoms with Crippen molar-refractivity contribution in [3.05, 3.63) is 24.5 Å². The van der Waals surface area contributed by atoms with E-state index in [1.165, 1.54) is 31.9 Å². The number of hydrogen-bond donors (Lipinski definition) is 1. The highest BCUT2D eigenvalue weighted by atomic mass is 32.2. The summed E-state index contributed by atoms with van der Waals surface area (Å²) in [6.45, 7) is 1.95. The number of nitrogens with zero attached hydrogens (tertiary/aromatic N) is 2. The molecule has 0 aliphatic heterocycles. The molecule has 2 atom stereocenters. The Morgan fingerprint density at radius 3 is 2.77 bits per heavy atom. The molecule has 122 valence electrons. The van der Waals surface area contributed by atoms with Crippen LogP contribution < -0.4 is 5.32 Å². The molecule has 1 heterocycles. The van der Waals surface area contributed by atoms with Gasteiger partial charge in [0.1, 0.15) is 4.90 Å². The number of carbonyl (C=O) groups excluding carboxylic acids is 1. The summed E-state index contributed by atoms with van der Waals surface area (Å²) in [5, 5.41) is 2.96. The first kappa shape index (κ1) is 16.9. The van der Waals surface area contributed by atoms with Gasteiger partial charge in [0.15, 0.2) is 0 Å². The fourth-order valence-corrected chi connectivity index (χ4v) is 3.84. The minimum Gasteiger partial charge on any atom is -0.352 e. The maximum atomic E-state index is 12.3. The van der Waals surface area contributed by atoms with Crippen LogP contribution in [-0.4, -0.2) is 43.2 Å². The summed E-state index contributed by atoms with van der Waals surface area (Å²) in [5.74, 6) is 0.187. The van der Waals surface area contributed by atoms with Gasteiger partial charge in [0.25, 0.3) is 0 Å². The third-order valence-electron chi connectivity index (χ3n) is 4.17. The van der Waals surface area contributed by atoms with Crippen molar-refractivity contribution in [2.45, 2.75) is 43.5 Å². The van der Waals surface area contributed by atoms with Crippen molar-refractivity contribution in [3.63, 3.8) is 0 Å². The lowest BCUT2D eigenvalue weighted by Crippen LogP contribution is -2.46. The number of sulfonamides is 1. The minimum atomic E-state index is -3.68. The Labute approximate surface area is 132 Å². The van der Waals surface area contributed by atoms with Gasteiger partial charge in [-0.2, -0.15) is 4.31 Å². The molecule has 1 aliphatic rings. The van der Waals surface area contributed by atoms with Gasteiger partial charge in [-0.15, -0.1) is 0 Å². The lowest BCUT2D eigenvalue weighted by atomic mass is 9.86. The van der Waals surface area contributed by atoms with Crippen molar-refractivity contribution < 1.29 is 13.2 Å². The highest BCUT2D eigenvalue weighted by molar-refractivity contribution is 7.89. The first-order valence-corrected chi connectivity index (χ1v) is 9.01. The highest BCUT2D eigenvalue weighted by Crippen LogP contribution is 2.23. The Kier molecular flexibility index (Phi) is 5.52. The van der Waals surface area contributed by atoms with Crippen LogP contribution in [0.1, 0.15) is 32.6 Å². The van der Waals surface area contributed by atoms with E-state index in [0.717, 1.165) is 23.6 Å². The van der Waals surface area contributed by atoms with Crippen LogP contribution in [0.4, 0.5) is 0 Å². The molecule has 1 amide bonds. The summed E-state index contributed by atoms with van der Waals surface area (Å²) in [6.07, 6.45) is 7.17. The third kappa shape index (κ3) is 4.04. The molecule has 0 spiro atoms. The molecule has 0 unspecified atom stereocenters. The summed E-state index contributed by atoms with van der Waals surface area (Å²) < 4.78 is 25.7. The number of amides is 1. The van der Waals surface area contributed by atoms with Crippen LogP contribution in [0.5, 0.6) is 0 Å². The number of likely N-dealkylation sites (N-methyl/N-ethyl adjacent to an activating group) is 1. The molecular formula is C15H23N3O3S. The van der Waals surface area contributed by atoms with Crippen molar-refractivity contribution >= 4 is 15.9 Å². The molecule has 6 nitrogen and oxygen atoms in total. The van der Waals surface area contributed by atoms with E-state index in [2.05, 4.69) is 17.2 Å². The van der Waals surface area contributed by atoms with Gasteiger partial charge in [0, 0.05) is 25.5 Å². The Morgan fingerprint density at radius 2 is 2.14 bits per heavy atom. The number of aromatic nitrogens is 1. The van der Waals surface area contributed by atoms with Crippen molar-refractivity contribution in [1.29, 1.82) is 0 Å². The second kappa shape index (κ2) is 7.19. The zero-order chi connectivity index (χ0) is 16.2. The van der Waals surface area contributed by atoms with Crippen LogP contribution in [0.3, 0.4) is 0 Å². The summed E-state index contributed by atoms with van der Waals surface area (Å²) in [7, 11) is -2.27. The molecule has 7 heteroatoms. The predicted molar refractivity (Wildman–Crippen MR) is 83.6 cm³/mol. The second-order valence-corrected chi connectivity index (χ2v) is 7.93. The lowest BCUT2D eigenvalue weighted by Gasteiger charge is -2.30. The molecule has 1 N–H and O–H groups in total. The predicted octanol–water partition coefficient (Wildman–Crippen LogP) is 1.40. The molecule has 1 aromatic rings. The van der Waals surface area contributed by atoms with Crippen LogP contribution >= 0.6 is 0 Å². The molecule has 0 aromatic carbocycles. The molecule has 2 rings (SSSR count). The average molecular weight is 325 g/mol. The first-order valence-electron chi connectivity index (χ1n) is 7.57. The zero-order valence-electron chi connectivity index (χ0n) is 13.0.